The van der Waals surface area contributed by atoms with Crippen molar-refractivity contribution < 1.29 is 62.1 Å². The van der Waals surface area contributed by atoms with Crippen LogP contribution in [0, 0.1) is 5.92 Å². The average Bonchev–Trinajstić information content (AvgIpc) is 3.24. The molecule has 0 aromatic carbocycles. The SMILES string of the molecule is CCCCCC/C=C\C/C=C\C/C=C\CCCCCCCCC(=O)OC[C@H](COP(=O)(O)OCC[N+](C)(C)C)OC(=O)CCC/C=C\C[C@H]1[C@@H](O)CC(O)O[C@@H]1/C=C/[C@@H](O)CCCCC. The number of aliphatic hydroxyl groups is 3. The Bertz CT molecular complexity index is 1410. The fraction of sp³-hybridized carbons (Fsp3) is 0.765. The first kappa shape index (κ1) is 60.6. The molecular formula is C51H91NO12P+. The van der Waals surface area contributed by atoms with Crippen molar-refractivity contribution in [2.75, 3.05) is 47.5 Å². The molecule has 2 unspecified atom stereocenters. The molecule has 1 heterocycles. The van der Waals surface area contributed by atoms with Crippen LogP contribution in [-0.2, 0) is 37.4 Å². The van der Waals surface area contributed by atoms with E-state index in [0.29, 0.717) is 43.1 Å². The second kappa shape index (κ2) is 38.5. The van der Waals surface area contributed by atoms with Gasteiger partial charge in [0.1, 0.15) is 19.8 Å². The van der Waals surface area contributed by atoms with E-state index in [1.165, 1.54) is 32.1 Å². The quantitative estimate of drug-likeness (QED) is 0.0150. The zero-order chi connectivity index (χ0) is 48.0. The molecule has 0 saturated carbocycles. The molecule has 4 N–H and O–H groups in total. The molecule has 376 valence electrons. The van der Waals surface area contributed by atoms with E-state index in [9.17, 15) is 34.4 Å². The molecule has 0 aromatic heterocycles. The Balaban J connectivity index is 2.48. The lowest BCUT2D eigenvalue weighted by Crippen LogP contribution is -2.43. The Hall–Kier alpha value is -2.45. The summed E-state index contributed by atoms with van der Waals surface area (Å²) in [5, 5.41) is 31.1. The number of phosphoric ester groups is 1. The predicted octanol–water partition coefficient (Wildman–Crippen LogP) is 10.5. The summed E-state index contributed by atoms with van der Waals surface area (Å²) in [4.78, 5) is 35.7. The number of quaternary nitrogens is 1. The van der Waals surface area contributed by atoms with Crippen molar-refractivity contribution in [3.8, 4) is 0 Å². The molecule has 14 heteroatoms. The van der Waals surface area contributed by atoms with Gasteiger partial charge in [-0.25, -0.2) is 4.57 Å². The van der Waals surface area contributed by atoms with Crippen molar-refractivity contribution in [2.24, 2.45) is 5.92 Å². The third-order valence-electron chi connectivity index (χ3n) is 11.1. The second-order valence-electron chi connectivity index (χ2n) is 18.4. The molecule has 65 heavy (non-hydrogen) atoms. The highest BCUT2D eigenvalue weighted by molar-refractivity contribution is 7.47. The molecule has 1 aliphatic rings. The molecule has 0 spiro atoms. The van der Waals surface area contributed by atoms with E-state index in [1.54, 1.807) is 12.2 Å². The Kier molecular flexibility index (Phi) is 35.9. The maximum absolute atomic E-state index is 12.9. The lowest BCUT2D eigenvalue weighted by atomic mass is 9.87. The van der Waals surface area contributed by atoms with Gasteiger partial charge in [-0.05, 0) is 70.6 Å². The first-order valence-electron chi connectivity index (χ1n) is 24.9. The molecule has 0 radical (unpaired) electrons. The highest BCUT2D eigenvalue weighted by atomic mass is 31.2. The number of rotatable bonds is 40. The Morgan fingerprint density at radius 2 is 1.29 bits per heavy atom. The second-order valence-corrected chi connectivity index (χ2v) is 19.8. The van der Waals surface area contributed by atoms with Gasteiger partial charge < -0.3 is 38.9 Å². The third kappa shape index (κ3) is 36.3. The van der Waals surface area contributed by atoms with Crippen LogP contribution < -0.4 is 0 Å². The number of allylic oxidation sites excluding steroid dienone is 8. The number of unbranched alkanes of at least 4 members (excludes halogenated alkanes) is 13. The number of aliphatic hydroxyl groups excluding tert-OH is 3. The van der Waals surface area contributed by atoms with Crippen molar-refractivity contribution >= 4 is 19.8 Å². The van der Waals surface area contributed by atoms with Gasteiger partial charge >= 0.3 is 19.8 Å². The van der Waals surface area contributed by atoms with Crippen LogP contribution >= 0.6 is 7.82 Å². The summed E-state index contributed by atoms with van der Waals surface area (Å²) in [6.45, 7) is 3.96. The third-order valence-corrected chi connectivity index (χ3v) is 12.0. The van der Waals surface area contributed by atoms with Gasteiger partial charge in [0.2, 0.25) is 0 Å². The monoisotopic (exact) mass is 941 g/mol. The minimum absolute atomic E-state index is 0.0226. The summed E-state index contributed by atoms with van der Waals surface area (Å²) in [6, 6.07) is 0. The smallest absolute Gasteiger partial charge is 0.462 e. The van der Waals surface area contributed by atoms with Crippen molar-refractivity contribution in [3.05, 3.63) is 60.8 Å². The number of likely N-dealkylation sites (N-methyl/N-ethyl adjacent to an activating group) is 1. The molecule has 1 rings (SSSR count). The zero-order valence-corrected chi connectivity index (χ0v) is 41.9. The van der Waals surface area contributed by atoms with Gasteiger partial charge in [0.25, 0.3) is 0 Å². The van der Waals surface area contributed by atoms with Crippen LogP contribution in [-0.4, -0.2) is 115 Å². The summed E-state index contributed by atoms with van der Waals surface area (Å²) in [6.07, 6.45) is 37.4. The fourth-order valence-electron chi connectivity index (χ4n) is 7.06. The number of ether oxygens (including phenoxy) is 3. The van der Waals surface area contributed by atoms with E-state index in [2.05, 4.69) is 50.3 Å². The van der Waals surface area contributed by atoms with Crippen molar-refractivity contribution in [2.45, 2.75) is 199 Å². The fourth-order valence-corrected chi connectivity index (χ4v) is 7.80. The average molecular weight is 941 g/mol. The number of hydrogen-bond donors (Lipinski definition) is 4. The van der Waals surface area contributed by atoms with Gasteiger partial charge in [-0.2, -0.15) is 0 Å². The van der Waals surface area contributed by atoms with Gasteiger partial charge in [0, 0.05) is 25.2 Å². The van der Waals surface area contributed by atoms with E-state index >= 15 is 0 Å². The molecule has 1 saturated heterocycles. The van der Waals surface area contributed by atoms with E-state index in [4.69, 9.17) is 23.3 Å². The summed E-state index contributed by atoms with van der Waals surface area (Å²) in [5.41, 5.74) is 0. The molecule has 0 bridgehead atoms. The lowest BCUT2D eigenvalue weighted by molar-refractivity contribution is -0.870. The van der Waals surface area contributed by atoms with Crippen molar-refractivity contribution in [1.29, 1.82) is 0 Å². The molecular weight excluding hydrogens is 850 g/mol. The molecule has 7 atom stereocenters. The van der Waals surface area contributed by atoms with Crippen LogP contribution in [0.5, 0.6) is 0 Å². The normalized spacial score (nSPS) is 20.4. The number of hydrogen-bond acceptors (Lipinski definition) is 11. The zero-order valence-electron chi connectivity index (χ0n) is 41.0. The van der Waals surface area contributed by atoms with E-state index in [0.717, 1.165) is 70.6 Å². The van der Waals surface area contributed by atoms with Crippen LogP contribution in [0.15, 0.2) is 60.8 Å². The minimum Gasteiger partial charge on any atom is -0.462 e. The van der Waals surface area contributed by atoms with Crippen molar-refractivity contribution in [1.82, 2.24) is 0 Å². The van der Waals surface area contributed by atoms with Gasteiger partial charge in [0.05, 0.1) is 46.1 Å². The molecule has 1 fully saturated rings. The number of carbonyl (C=O) groups is 2. The standard InChI is InChI=1S/C51H90NO12P/c1-6-8-10-11-12-13-14-15-16-17-18-19-20-21-22-23-24-25-26-31-35-49(55)60-42-45(43-62-65(58,59)61-40-39-52(3,4)5)63-50(56)36-32-28-27-30-34-46-47(54)41-51(57)64-48(46)38-37-44(53)33-29-9-7-2/h13-14,16-17,19-20,27,30,37-38,44-48,51,53-54,57H,6-12,15,18,21-26,28-29,31-36,39-43H2,1-5H3/p+1/b14-13-,17-16-,20-19-,30-27-,38-37+/t44-,45+,46-,47-,48+,51?/m0/s1. The molecule has 0 aromatic rings. The molecule has 1 aliphatic heterocycles. The summed E-state index contributed by atoms with van der Waals surface area (Å²) < 4.78 is 40.0. The van der Waals surface area contributed by atoms with Crippen LogP contribution in [0.2, 0.25) is 0 Å². The Morgan fingerprint density at radius 1 is 0.723 bits per heavy atom. The minimum atomic E-state index is -4.46. The van der Waals surface area contributed by atoms with Crippen LogP contribution in [0.1, 0.15) is 168 Å². The maximum atomic E-state index is 12.9. The van der Waals surface area contributed by atoms with Crippen LogP contribution in [0.25, 0.3) is 0 Å². The van der Waals surface area contributed by atoms with Gasteiger partial charge in [0.15, 0.2) is 12.4 Å². The lowest BCUT2D eigenvalue weighted by Gasteiger charge is -2.36. The summed E-state index contributed by atoms with van der Waals surface area (Å²) in [5.74, 6) is -1.33. The van der Waals surface area contributed by atoms with Gasteiger partial charge in [-0.15, -0.1) is 0 Å². The van der Waals surface area contributed by atoms with Crippen LogP contribution in [0.3, 0.4) is 0 Å². The number of carbonyl (C=O) groups excluding carboxylic acids is 2. The first-order valence-corrected chi connectivity index (χ1v) is 26.4. The highest BCUT2D eigenvalue weighted by Gasteiger charge is 2.35. The predicted molar refractivity (Wildman–Crippen MR) is 260 cm³/mol. The Morgan fingerprint density at radius 3 is 1.95 bits per heavy atom. The first-order chi connectivity index (χ1) is 31.2. The summed E-state index contributed by atoms with van der Waals surface area (Å²) >= 11 is 0. The number of esters is 2. The van der Waals surface area contributed by atoms with Gasteiger partial charge in [-0.3, -0.25) is 18.6 Å². The van der Waals surface area contributed by atoms with Crippen LogP contribution in [0.4, 0.5) is 0 Å². The van der Waals surface area contributed by atoms with E-state index in [1.807, 2.05) is 33.3 Å². The number of phosphoric acid groups is 1. The highest BCUT2D eigenvalue weighted by Crippen LogP contribution is 2.43. The van der Waals surface area contributed by atoms with E-state index in [-0.39, 0.29) is 38.4 Å². The summed E-state index contributed by atoms with van der Waals surface area (Å²) in [7, 11) is 1.29. The Labute approximate surface area is 393 Å². The van der Waals surface area contributed by atoms with Crippen molar-refractivity contribution in [3.63, 3.8) is 0 Å². The number of nitrogens with zero attached hydrogens (tertiary/aromatic N) is 1. The molecule has 0 amide bonds. The van der Waals surface area contributed by atoms with E-state index < -0.39 is 57.1 Å². The van der Waals surface area contributed by atoms with Gasteiger partial charge in [-0.1, -0.05) is 139 Å². The maximum Gasteiger partial charge on any atom is 0.472 e. The largest absolute Gasteiger partial charge is 0.472 e. The topological polar surface area (TPSA) is 178 Å². The molecule has 13 nitrogen and oxygen atoms in total. The molecule has 0 aliphatic carbocycles.